The van der Waals surface area contributed by atoms with Crippen molar-refractivity contribution in [1.82, 2.24) is 9.97 Å². The van der Waals surface area contributed by atoms with E-state index < -0.39 is 21.7 Å². The second kappa shape index (κ2) is 26.0. The summed E-state index contributed by atoms with van der Waals surface area (Å²) in [6.07, 6.45) is 0. The molecule has 2 nitrogen and oxygen atoms in total. The van der Waals surface area contributed by atoms with Crippen molar-refractivity contribution in [2.45, 2.75) is 21.7 Å². The van der Waals surface area contributed by atoms with E-state index in [0.717, 1.165) is 78.1 Å². The smallest absolute Gasteiger partial charge is 0.0979 e. The third kappa shape index (κ3) is 9.17. The van der Waals surface area contributed by atoms with E-state index in [1.54, 1.807) is 0 Å². The Kier molecular flexibility index (Phi) is 14.6. The number of fused-ring (bicyclic) bond motifs is 27. The van der Waals surface area contributed by atoms with Crippen LogP contribution in [0.5, 0.6) is 0 Å². The van der Waals surface area contributed by atoms with Crippen LogP contribution in [0.25, 0.3) is 145 Å². The van der Waals surface area contributed by atoms with Gasteiger partial charge in [-0.2, -0.15) is 0 Å². The van der Waals surface area contributed by atoms with Crippen LogP contribution >= 0.6 is 0 Å². The van der Waals surface area contributed by atoms with Crippen LogP contribution in [0.1, 0.15) is 89.0 Å². The van der Waals surface area contributed by atoms with Crippen molar-refractivity contribution in [2.24, 2.45) is 0 Å². The summed E-state index contributed by atoms with van der Waals surface area (Å²) in [7, 11) is 0. The predicted molar refractivity (Wildman–Crippen MR) is 499 cm³/mol. The fourth-order valence-electron chi connectivity index (χ4n) is 23.4. The lowest BCUT2D eigenvalue weighted by atomic mass is 9.67. The molecule has 564 valence electrons. The molecule has 0 saturated heterocycles. The topological polar surface area (TPSA) is 25.8 Å². The van der Waals surface area contributed by atoms with Gasteiger partial charge in [0.1, 0.15) is 0 Å². The zero-order valence-electron chi connectivity index (χ0n) is 66.6. The maximum atomic E-state index is 6.32. The summed E-state index contributed by atoms with van der Waals surface area (Å²) in [5.74, 6) is 0. The number of nitrogens with zero attached hydrogens (tertiary/aromatic N) is 2. The minimum atomic E-state index is -0.640. The molecule has 1 aromatic heterocycles. The van der Waals surface area contributed by atoms with Gasteiger partial charge in [-0.25, -0.2) is 9.97 Å². The van der Waals surface area contributed by atoms with Gasteiger partial charge < -0.3 is 0 Å². The zero-order valence-corrected chi connectivity index (χ0v) is 66.6. The van der Waals surface area contributed by atoms with E-state index in [4.69, 9.17) is 9.97 Å². The molecule has 0 fully saturated rings. The summed E-state index contributed by atoms with van der Waals surface area (Å²) in [5, 5.41) is 0. The van der Waals surface area contributed by atoms with Crippen LogP contribution < -0.4 is 0 Å². The summed E-state index contributed by atoms with van der Waals surface area (Å²) in [6.45, 7) is 0. The first kappa shape index (κ1) is 68.6. The van der Waals surface area contributed by atoms with Crippen molar-refractivity contribution in [2.75, 3.05) is 0 Å². The third-order valence-corrected chi connectivity index (χ3v) is 28.3. The molecular formula is C120H74N2. The molecule has 1 heterocycles. The van der Waals surface area contributed by atoms with Gasteiger partial charge in [-0.15, -0.1) is 0 Å². The third-order valence-electron chi connectivity index (χ3n) is 28.3. The van der Waals surface area contributed by atoms with Gasteiger partial charge in [-0.1, -0.05) is 425 Å². The highest BCUT2D eigenvalue weighted by atomic mass is 14.8. The van der Waals surface area contributed by atoms with E-state index in [1.165, 1.54) is 156 Å². The number of rotatable bonds is 10. The largest absolute Gasteiger partial charge is 0.243 e. The van der Waals surface area contributed by atoms with E-state index in [1.807, 2.05) is 0 Å². The van der Waals surface area contributed by atoms with Gasteiger partial charge in [0.25, 0.3) is 0 Å². The standard InChI is InChI=1S/C120H74N2/c1-5-29-83(30-6-1)117(84-31-7-2-8-32-84)101-45-21-13-41-93(101)97-67-63-81(73-109(97)117)87-69-70-88(82-64-68-98-94-42-14-22-46-102(94)118(110(98)74-82,85-33-9-3-10-34-85)86-35-11-4-12-36-86)116-115(87)121-113(77-57-53-75(54-58-77)79-61-65-99-95-43-19-27-51-107(95)119(111(99)71-79)103-47-23-15-37-89(103)90-38-16-24-48-104(90)119)114(122-116)78-59-55-76(56-60-78)80-62-66-100-96-44-20-28-52-108(96)120(112(100)72-80)105-49-25-17-39-91(105)92-40-18-26-50-106(92)120/h1-74H. The van der Waals surface area contributed by atoms with E-state index in [9.17, 15) is 0 Å². The monoisotopic (exact) mass is 1540 g/mol. The Balaban J connectivity index is 0.705. The van der Waals surface area contributed by atoms with Crippen molar-refractivity contribution < 1.29 is 0 Å². The summed E-state index contributed by atoms with van der Waals surface area (Å²) >= 11 is 0. The highest BCUT2D eigenvalue weighted by Gasteiger charge is 2.54. The van der Waals surface area contributed by atoms with Gasteiger partial charge in [0, 0.05) is 22.3 Å². The number of aromatic nitrogens is 2. The Hall–Kier alpha value is -15.5. The van der Waals surface area contributed by atoms with Crippen LogP contribution in [0.2, 0.25) is 0 Å². The first-order valence-corrected chi connectivity index (χ1v) is 42.7. The molecule has 2 spiro atoms. The van der Waals surface area contributed by atoms with E-state index in [0.29, 0.717) is 0 Å². The van der Waals surface area contributed by atoms with Gasteiger partial charge in [0.15, 0.2) is 0 Å². The fourth-order valence-corrected chi connectivity index (χ4v) is 23.4. The molecular weight excluding hydrogens is 1470 g/mol. The van der Waals surface area contributed by atoms with Gasteiger partial charge in [-0.3, -0.25) is 0 Å². The molecule has 0 saturated carbocycles. The first-order chi connectivity index (χ1) is 60.5. The molecule has 0 radical (unpaired) electrons. The minimum absolute atomic E-state index is 0.481. The Labute approximate surface area is 709 Å². The number of hydrogen-bond acceptors (Lipinski definition) is 2. The van der Waals surface area contributed by atoms with Gasteiger partial charge in [0.2, 0.25) is 0 Å². The Morgan fingerprint density at radius 2 is 0.303 bits per heavy atom. The highest BCUT2D eigenvalue weighted by molar-refractivity contribution is 6.06. The number of benzene rings is 19. The van der Waals surface area contributed by atoms with Gasteiger partial charge in [-0.05, 0) is 213 Å². The van der Waals surface area contributed by atoms with E-state index in [-0.39, 0.29) is 0 Å². The van der Waals surface area contributed by atoms with Crippen molar-refractivity contribution >= 4 is 11.0 Å². The zero-order chi connectivity index (χ0) is 80.0. The second-order valence-electron chi connectivity index (χ2n) is 33.8. The average molecular weight is 1540 g/mol. The molecule has 26 rings (SSSR count). The minimum Gasteiger partial charge on any atom is -0.243 e. The van der Waals surface area contributed by atoms with Crippen molar-refractivity contribution in [1.29, 1.82) is 0 Å². The summed E-state index contributed by atoms with van der Waals surface area (Å²) in [4.78, 5) is 12.6. The SMILES string of the molecule is c1ccc(C2(c3ccccc3)c3ccccc3-c3ccc(-c4ccc(-c5ccc6c(c5)C(c5ccccc5)(c5ccccc5)c5ccccc5-6)c5nc(-c6ccc(-c7ccc8c(c7)C7(c9ccccc9-c9ccccc97)c7ccccc7-8)cc6)c(-c6ccc(-c7ccc8c(c7)C7(c9ccccc9-c9ccccc97)c7ccccc7-8)cc6)nc45)cc32)cc1. The summed E-state index contributed by atoms with van der Waals surface area (Å²) < 4.78 is 0. The predicted octanol–water partition coefficient (Wildman–Crippen LogP) is 29.0. The van der Waals surface area contributed by atoms with Crippen LogP contribution in [0.15, 0.2) is 449 Å². The van der Waals surface area contributed by atoms with E-state index in [2.05, 4.69) is 449 Å². The van der Waals surface area contributed by atoms with Crippen LogP contribution in [-0.2, 0) is 21.7 Å². The lowest BCUT2D eigenvalue weighted by Gasteiger charge is -2.34. The van der Waals surface area contributed by atoms with Gasteiger partial charge in [0.05, 0.1) is 44.1 Å². The van der Waals surface area contributed by atoms with Crippen LogP contribution in [0.3, 0.4) is 0 Å². The molecule has 122 heavy (non-hydrogen) atoms. The molecule has 0 aliphatic heterocycles. The number of hydrogen-bond donors (Lipinski definition) is 0. The lowest BCUT2D eigenvalue weighted by Crippen LogP contribution is -2.28. The maximum absolute atomic E-state index is 6.32. The normalized spacial score (nSPS) is 14.3. The van der Waals surface area contributed by atoms with Gasteiger partial charge >= 0.3 is 0 Å². The van der Waals surface area contributed by atoms with Crippen LogP contribution in [0, 0.1) is 0 Å². The Morgan fingerprint density at radius 3 is 0.566 bits per heavy atom. The second-order valence-corrected chi connectivity index (χ2v) is 33.8. The van der Waals surface area contributed by atoms with Crippen LogP contribution in [-0.4, -0.2) is 9.97 Å². The molecule has 6 aliphatic rings. The quantitative estimate of drug-likeness (QED) is 0.136. The molecule has 0 N–H and O–H groups in total. The Morgan fingerprint density at radius 1 is 0.123 bits per heavy atom. The highest BCUT2D eigenvalue weighted by Crippen LogP contribution is 2.67. The molecule has 0 unspecified atom stereocenters. The maximum Gasteiger partial charge on any atom is 0.0979 e. The van der Waals surface area contributed by atoms with E-state index >= 15 is 0 Å². The molecule has 6 aliphatic carbocycles. The first-order valence-electron chi connectivity index (χ1n) is 42.7. The summed E-state index contributed by atoms with van der Waals surface area (Å²) in [6, 6.07) is 169. The Bertz CT molecular complexity index is 7120. The van der Waals surface area contributed by atoms with Crippen LogP contribution in [0.4, 0.5) is 0 Å². The fraction of sp³-hybridized carbons (Fsp3) is 0.0333. The summed E-state index contributed by atoms with van der Waals surface area (Å²) in [5.41, 5.74) is 47.2. The van der Waals surface area contributed by atoms with Crippen molar-refractivity contribution in [3.63, 3.8) is 0 Å². The molecule has 2 heteroatoms. The van der Waals surface area contributed by atoms with Crippen molar-refractivity contribution in [3.8, 4) is 134 Å². The molecule has 0 amide bonds. The molecule has 20 aromatic rings. The molecule has 0 bridgehead atoms. The lowest BCUT2D eigenvalue weighted by molar-refractivity contribution is 0.769. The average Bonchev–Trinajstić information content (AvgIpc) is 1.51. The van der Waals surface area contributed by atoms with Crippen molar-refractivity contribution in [3.05, 3.63) is 538 Å². The molecule has 19 aromatic carbocycles. The molecule has 0 atom stereocenters.